The molecule has 5 rings (SSSR count). The Kier molecular flexibility index (Phi) is 5.07. The van der Waals surface area contributed by atoms with Crippen molar-refractivity contribution in [2.45, 2.75) is 32.5 Å². The second-order valence-corrected chi connectivity index (χ2v) is 8.73. The summed E-state index contributed by atoms with van der Waals surface area (Å²) in [6, 6.07) is 0.637. The fourth-order valence-corrected chi connectivity index (χ4v) is 4.85. The zero-order chi connectivity index (χ0) is 22.6. The highest BCUT2D eigenvalue weighted by Gasteiger charge is 2.40. The van der Waals surface area contributed by atoms with Crippen LogP contribution < -0.4 is 15.5 Å². The Bertz CT molecular complexity index is 1070. The molecule has 3 aliphatic heterocycles. The second kappa shape index (κ2) is 7.80. The molecular weight excluding hydrogens is 425 g/mol. The Labute approximate surface area is 182 Å². The minimum Gasteiger partial charge on any atom is -0.316 e. The van der Waals surface area contributed by atoms with Gasteiger partial charge in [-0.25, -0.2) is 18.0 Å². The van der Waals surface area contributed by atoms with E-state index in [0.717, 1.165) is 30.8 Å². The highest BCUT2D eigenvalue weighted by molar-refractivity contribution is 5.97. The van der Waals surface area contributed by atoms with Gasteiger partial charge in [-0.2, -0.15) is 5.10 Å². The van der Waals surface area contributed by atoms with Gasteiger partial charge in [0.1, 0.15) is 0 Å². The molecule has 2 aromatic rings. The summed E-state index contributed by atoms with van der Waals surface area (Å²) in [6.45, 7) is 4.53. The van der Waals surface area contributed by atoms with Gasteiger partial charge in [0.2, 0.25) is 5.91 Å². The number of nitrogens with one attached hydrogen (secondary N) is 2. The van der Waals surface area contributed by atoms with Crippen molar-refractivity contribution < 1.29 is 22.8 Å². The summed E-state index contributed by atoms with van der Waals surface area (Å²) in [5.74, 6) is -3.99. The zero-order valence-electron chi connectivity index (χ0n) is 17.4. The van der Waals surface area contributed by atoms with Gasteiger partial charge in [-0.3, -0.25) is 9.48 Å². The van der Waals surface area contributed by atoms with Gasteiger partial charge in [-0.1, -0.05) is 0 Å². The number of fused-ring (bicyclic) bond motifs is 3. The third-order valence-electron chi connectivity index (χ3n) is 6.50. The molecule has 2 bridgehead atoms. The lowest BCUT2D eigenvalue weighted by atomic mass is 9.85. The Morgan fingerprint density at radius 1 is 1.19 bits per heavy atom. The van der Waals surface area contributed by atoms with Crippen molar-refractivity contribution in [3.8, 4) is 0 Å². The molecule has 8 nitrogen and oxygen atoms in total. The molecule has 2 unspecified atom stereocenters. The molecule has 32 heavy (non-hydrogen) atoms. The zero-order valence-corrected chi connectivity index (χ0v) is 17.4. The van der Waals surface area contributed by atoms with E-state index in [1.54, 1.807) is 15.8 Å². The molecule has 1 aromatic heterocycles. The van der Waals surface area contributed by atoms with Crippen molar-refractivity contribution >= 4 is 23.3 Å². The summed E-state index contributed by atoms with van der Waals surface area (Å²) in [7, 11) is 0. The Hall–Kier alpha value is -3.08. The second-order valence-electron chi connectivity index (χ2n) is 8.73. The first-order valence-electron chi connectivity index (χ1n) is 10.6. The first kappa shape index (κ1) is 20.8. The maximum atomic E-state index is 13.5. The third-order valence-corrected chi connectivity index (χ3v) is 6.50. The highest BCUT2D eigenvalue weighted by atomic mass is 19.2. The molecule has 170 valence electrons. The van der Waals surface area contributed by atoms with Crippen molar-refractivity contribution in [2.24, 2.45) is 11.8 Å². The number of nitrogens with zero attached hydrogens (tertiary/aromatic N) is 4. The molecule has 2 N–H and O–H groups in total. The van der Waals surface area contributed by atoms with Crippen molar-refractivity contribution in [2.75, 3.05) is 29.9 Å². The normalized spacial score (nSPS) is 25.0. The van der Waals surface area contributed by atoms with Crippen LogP contribution in [0.5, 0.6) is 0 Å². The predicted molar refractivity (Wildman–Crippen MR) is 109 cm³/mol. The maximum absolute atomic E-state index is 13.5. The van der Waals surface area contributed by atoms with Gasteiger partial charge in [0.25, 0.3) is 0 Å². The number of hydrogen-bond donors (Lipinski definition) is 2. The average molecular weight is 448 g/mol. The molecule has 3 amide bonds. The van der Waals surface area contributed by atoms with Crippen LogP contribution in [0.3, 0.4) is 0 Å². The number of carbonyl (C=O) groups is 2. The van der Waals surface area contributed by atoms with E-state index in [4.69, 9.17) is 0 Å². The van der Waals surface area contributed by atoms with E-state index in [2.05, 4.69) is 15.7 Å². The van der Waals surface area contributed by atoms with Crippen molar-refractivity contribution in [3.05, 3.63) is 41.5 Å². The molecule has 0 aliphatic carbocycles. The summed E-state index contributed by atoms with van der Waals surface area (Å²) >= 11 is 0. The Morgan fingerprint density at radius 3 is 2.69 bits per heavy atom. The van der Waals surface area contributed by atoms with Crippen LogP contribution in [0.15, 0.2) is 18.3 Å². The monoisotopic (exact) mass is 448 g/mol. The molecule has 4 heterocycles. The fourth-order valence-electron chi connectivity index (χ4n) is 4.85. The van der Waals surface area contributed by atoms with Crippen molar-refractivity contribution in [1.82, 2.24) is 20.0 Å². The quantitative estimate of drug-likeness (QED) is 0.691. The standard InChI is InChI=1S/C21H23F3N6O2/c1-11-8-30-18(10-28(11)21(32)27-14-3-15(22)19(24)16(23)4-14)17(7-26-30)29-9-12-2-13(20(29)31)6-25-5-12/h3-4,7,11-13,25H,2,5-6,8-10H2,1H3,(H,27,32)/t11-,12?,13?/m0/s1. The lowest BCUT2D eigenvalue weighted by molar-refractivity contribution is -0.125. The number of piperidine rings is 2. The van der Waals surface area contributed by atoms with Gasteiger partial charge in [-0.15, -0.1) is 0 Å². The number of halogens is 3. The summed E-state index contributed by atoms with van der Waals surface area (Å²) in [5.41, 5.74) is 1.25. The molecule has 11 heteroatoms. The number of aromatic nitrogens is 2. The van der Waals surface area contributed by atoms with E-state index >= 15 is 0 Å². The molecular formula is C21H23F3N6O2. The number of amides is 3. The number of rotatable bonds is 2. The summed E-state index contributed by atoms with van der Waals surface area (Å²) in [6.07, 6.45) is 2.54. The SMILES string of the molecule is C[C@H]1Cn2ncc(N3CC4CNCC(C4)C3=O)c2CN1C(=O)Nc1cc(F)c(F)c(F)c1. The van der Waals surface area contributed by atoms with Gasteiger partial charge < -0.3 is 20.4 Å². The molecule has 0 saturated carbocycles. The third kappa shape index (κ3) is 3.50. The summed E-state index contributed by atoms with van der Waals surface area (Å²) < 4.78 is 42.1. The van der Waals surface area contributed by atoms with E-state index in [1.165, 1.54) is 4.90 Å². The van der Waals surface area contributed by atoms with E-state index in [1.807, 2.05) is 6.92 Å². The van der Waals surface area contributed by atoms with Gasteiger partial charge in [0.05, 0.1) is 42.6 Å². The van der Waals surface area contributed by atoms with Crippen molar-refractivity contribution in [3.63, 3.8) is 0 Å². The van der Waals surface area contributed by atoms with Crippen LogP contribution in [0.25, 0.3) is 0 Å². The molecule has 0 spiro atoms. The van der Waals surface area contributed by atoms with Gasteiger partial charge in [0.15, 0.2) is 17.5 Å². The van der Waals surface area contributed by atoms with Crippen LogP contribution in [0, 0.1) is 29.3 Å². The Balaban J connectivity index is 1.38. The molecule has 2 fully saturated rings. The van der Waals surface area contributed by atoms with Gasteiger partial charge >= 0.3 is 6.03 Å². The number of benzene rings is 1. The van der Waals surface area contributed by atoms with Crippen LogP contribution in [0.2, 0.25) is 0 Å². The van der Waals surface area contributed by atoms with Gasteiger partial charge in [-0.05, 0) is 25.8 Å². The smallest absolute Gasteiger partial charge is 0.316 e. The molecule has 2 saturated heterocycles. The van der Waals surface area contributed by atoms with Gasteiger partial charge in [0, 0.05) is 30.9 Å². The number of hydrogen-bond acceptors (Lipinski definition) is 4. The van der Waals surface area contributed by atoms with Crippen LogP contribution >= 0.6 is 0 Å². The summed E-state index contributed by atoms with van der Waals surface area (Å²) in [4.78, 5) is 29.2. The van der Waals surface area contributed by atoms with Crippen molar-refractivity contribution in [1.29, 1.82) is 0 Å². The number of carbonyl (C=O) groups excluding carboxylic acids is 2. The lowest BCUT2D eigenvalue weighted by Crippen LogP contribution is -2.55. The number of urea groups is 1. The number of anilines is 2. The van der Waals surface area contributed by atoms with Crippen LogP contribution in [0.4, 0.5) is 29.3 Å². The largest absolute Gasteiger partial charge is 0.322 e. The first-order chi connectivity index (χ1) is 15.3. The minimum atomic E-state index is -1.59. The molecule has 1 aromatic carbocycles. The van der Waals surface area contributed by atoms with E-state index in [9.17, 15) is 22.8 Å². The van der Waals surface area contributed by atoms with E-state index in [-0.39, 0.29) is 30.1 Å². The topological polar surface area (TPSA) is 82.5 Å². The first-order valence-corrected chi connectivity index (χ1v) is 10.6. The highest BCUT2D eigenvalue weighted by Crippen LogP contribution is 2.34. The van der Waals surface area contributed by atoms with Crippen LogP contribution in [-0.4, -0.2) is 52.3 Å². The fraction of sp³-hybridized carbons (Fsp3) is 0.476. The lowest BCUT2D eigenvalue weighted by Gasteiger charge is -2.41. The summed E-state index contributed by atoms with van der Waals surface area (Å²) in [5, 5.41) is 10.2. The predicted octanol–water partition coefficient (Wildman–Crippen LogP) is 2.31. The van der Waals surface area contributed by atoms with Crippen LogP contribution in [-0.2, 0) is 17.9 Å². The molecule has 3 aliphatic rings. The maximum Gasteiger partial charge on any atom is 0.322 e. The van der Waals surface area contributed by atoms with E-state index in [0.29, 0.717) is 31.2 Å². The van der Waals surface area contributed by atoms with Crippen LogP contribution in [0.1, 0.15) is 19.0 Å². The average Bonchev–Trinajstić information content (AvgIpc) is 3.16. The molecule has 3 atom stereocenters. The molecule has 0 radical (unpaired) electrons. The minimum absolute atomic E-state index is 0.0520. The van der Waals surface area contributed by atoms with E-state index < -0.39 is 23.5 Å². The Morgan fingerprint density at radius 2 is 1.94 bits per heavy atom.